The summed E-state index contributed by atoms with van der Waals surface area (Å²) >= 11 is 0. The molecule has 2 N–H and O–H groups in total. The Balaban J connectivity index is 2.00. The third kappa shape index (κ3) is 4.92. The zero-order chi connectivity index (χ0) is 19.1. The number of Topliss-reactive ketones (excluding diaryl/α,β-unsaturated/α-hetero) is 1. The number of aryl methyl sites for hydroxylation is 2. The minimum atomic E-state index is -0.284. The highest BCUT2D eigenvalue weighted by Crippen LogP contribution is 2.18. The number of rotatable bonds is 8. The van der Waals surface area contributed by atoms with Gasteiger partial charge in [0.15, 0.2) is 5.78 Å². The molecular weight excluding hydrogens is 332 g/mol. The van der Waals surface area contributed by atoms with Crippen LogP contribution in [-0.4, -0.2) is 24.1 Å². The highest BCUT2D eigenvalue weighted by molar-refractivity contribution is 6.03. The fourth-order valence-corrected chi connectivity index (χ4v) is 2.52. The average Bonchev–Trinajstić information content (AvgIpc) is 2.99. The quantitative estimate of drug-likeness (QED) is 0.562. The Hall–Kier alpha value is -3.15. The summed E-state index contributed by atoms with van der Waals surface area (Å²) in [5.74, 6) is 0.541. The molecule has 0 atom stereocenters. The average molecular weight is 354 g/mol. The normalized spacial score (nSPS) is 10.2. The minimum absolute atomic E-state index is 0.0681. The number of amides is 2. The van der Waals surface area contributed by atoms with Crippen LogP contribution >= 0.6 is 0 Å². The van der Waals surface area contributed by atoms with E-state index in [1.165, 1.54) is 6.92 Å². The van der Waals surface area contributed by atoms with E-state index in [2.05, 4.69) is 17.2 Å². The maximum Gasteiger partial charge on any atom is 0.253 e. The van der Waals surface area contributed by atoms with Gasteiger partial charge >= 0.3 is 0 Å². The molecule has 0 saturated heterocycles. The molecule has 0 aliphatic heterocycles. The Morgan fingerprint density at radius 2 is 1.92 bits per heavy atom. The van der Waals surface area contributed by atoms with Gasteiger partial charge in [-0.15, -0.1) is 6.58 Å². The number of carbonyl (C=O) groups excluding carboxylic acids is 3. The first-order valence-corrected chi connectivity index (χ1v) is 8.30. The van der Waals surface area contributed by atoms with Gasteiger partial charge in [-0.2, -0.15) is 0 Å². The fourth-order valence-electron chi connectivity index (χ4n) is 2.52. The first-order chi connectivity index (χ1) is 12.4. The van der Waals surface area contributed by atoms with Crippen molar-refractivity contribution in [3.8, 4) is 0 Å². The van der Waals surface area contributed by atoms with Gasteiger partial charge in [0.1, 0.15) is 11.5 Å². The van der Waals surface area contributed by atoms with E-state index in [1.807, 2.05) is 0 Å². The molecule has 0 spiro atoms. The molecule has 136 valence electrons. The van der Waals surface area contributed by atoms with Crippen LogP contribution in [0.2, 0.25) is 0 Å². The molecule has 0 radical (unpaired) electrons. The van der Waals surface area contributed by atoms with E-state index in [0.29, 0.717) is 41.3 Å². The van der Waals surface area contributed by atoms with Crippen LogP contribution in [0.15, 0.2) is 47.4 Å². The molecule has 1 aromatic carbocycles. The van der Waals surface area contributed by atoms with E-state index in [-0.39, 0.29) is 24.0 Å². The van der Waals surface area contributed by atoms with E-state index in [4.69, 9.17) is 4.42 Å². The van der Waals surface area contributed by atoms with Gasteiger partial charge in [-0.1, -0.05) is 18.2 Å². The predicted molar refractivity (Wildman–Crippen MR) is 99.4 cm³/mol. The van der Waals surface area contributed by atoms with Gasteiger partial charge in [-0.05, 0) is 32.0 Å². The summed E-state index contributed by atoms with van der Waals surface area (Å²) in [7, 11) is 0. The standard InChI is InChI=1S/C20H22N2O4/c1-4-11-21-20(25)16-7-5-6-8-18(16)22-19(24)10-9-15-12-17(13(2)23)14(3)26-15/h4-8,12H,1,9-11H2,2-3H3,(H,21,25)(H,22,24). The Morgan fingerprint density at radius 3 is 2.58 bits per heavy atom. The molecule has 0 bridgehead atoms. The summed E-state index contributed by atoms with van der Waals surface area (Å²) in [6, 6.07) is 8.46. The molecule has 0 saturated carbocycles. The molecule has 26 heavy (non-hydrogen) atoms. The van der Waals surface area contributed by atoms with Gasteiger partial charge in [-0.25, -0.2) is 0 Å². The number of carbonyl (C=O) groups is 3. The molecule has 0 fully saturated rings. The highest BCUT2D eigenvalue weighted by atomic mass is 16.3. The number of para-hydroxylation sites is 1. The fraction of sp³-hybridized carbons (Fsp3) is 0.250. The number of hydrogen-bond acceptors (Lipinski definition) is 4. The molecule has 2 aromatic rings. The van der Waals surface area contributed by atoms with Crippen LogP contribution in [-0.2, 0) is 11.2 Å². The molecular formula is C20H22N2O4. The third-order valence-corrected chi connectivity index (χ3v) is 3.80. The second-order valence-corrected chi connectivity index (χ2v) is 5.83. The lowest BCUT2D eigenvalue weighted by Crippen LogP contribution is -2.25. The summed E-state index contributed by atoms with van der Waals surface area (Å²) in [4.78, 5) is 35.8. The van der Waals surface area contributed by atoms with Gasteiger partial charge in [0.2, 0.25) is 5.91 Å². The molecule has 2 rings (SSSR count). The van der Waals surface area contributed by atoms with Crippen LogP contribution in [0.1, 0.15) is 45.6 Å². The van der Waals surface area contributed by atoms with Crippen LogP contribution < -0.4 is 10.6 Å². The summed E-state index contributed by atoms with van der Waals surface area (Å²) in [5.41, 5.74) is 1.36. The number of hydrogen-bond donors (Lipinski definition) is 2. The zero-order valence-electron chi connectivity index (χ0n) is 14.9. The van der Waals surface area contributed by atoms with Crippen molar-refractivity contribution < 1.29 is 18.8 Å². The third-order valence-electron chi connectivity index (χ3n) is 3.80. The van der Waals surface area contributed by atoms with Crippen LogP contribution in [0.5, 0.6) is 0 Å². The molecule has 0 aliphatic rings. The lowest BCUT2D eigenvalue weighted by Gasteiger charge is -2.10. The molecule has 6 nitrogen and oxygen atoms in total. The second kappa shape index (κ2) is 8.80. The Morgan fingerprint density at radius 1 is 1.19 bits per heavy atom. The number of nitrogens with one attached hydrogen (secondary N) is 2. The number of furan rings is 1. The minimum Gasteiger partial charge on any atom is -0.466 e. The van der Waals surface area contributed by atoms with Crippen molar-refractivity contribution in [1.82, 2.24) is 5.32 Å². The summed E-state index contributed by atoms with van der Waals surface area (Å²) in [6.07, 6.45) is 2.12. The van der Waals surface area contributed by atoms with Crippen LogP contribution in [0.4, 0.5) is 5.69 Å². The zero-order valence-corrected chi connectivity index (χ0v) is 14.9. The SMILES string of the molecule is C=CCNC(=O)c1ccccc1NC(=O)CCc1cc(C(C)=O)c(C)o1. The van der Waals surface area contributed by atoms with E-state index in [0.717, 1.165) is 0 Å². The lowest BCUT2D eigenvalue weighted by atomic mass is 10.1. The number of ketones is 1. The largest absolute Gasteiger partial charge is 0.466 e. The van der Waals surface area contributed by atoms with Crippen molar-refractivity contribution >= 4 is 23.3 Å². The van der Waals surface area contributed by atoms with Gasteiger partial charge in [0, 0.05) is 19.4 Å². The van der Waals surface area contributed by atoms with Crippen LogP contribution in [0, 0.1) is 6.92 Å². The van der Waals surface area contributed by atoms with Crippen molar-refractivity contribution in [3.05, 3.63) is 65.6 Å². The van der Waals surface area contributed by atoms with Crippen LogP contribution in [0.25, 0.3) is 0 Å². The van der Waals surface area contributed by atoms with E-state index >= 15 is 0 Å². The Bertz CT molecular complexity index is 836. The van der Waals surface area contributed by atoms with E-state index in [9.17, 15) is 14.4 Å². The maximum atomic E-state index is 12.2. The molecule has 0 aliphatic carbocycles. The molecule has 0 unspecified atom stereocenters. The van der Waals surface area contributed by atoms with Crippen molar-refractivity contribution in [3.63, 3.8) is 0 Å². The molecule has 2 amide bonds. The predicted octanol–water partition coefficient (Wildman–Crippen LogP) is 3.28. The second-order valence-electron chi connectivity index (χ2n) is 5.83. The molecule has 1 heterocycles. The monoisotopic (exact) mass is 354 g/mol. The topological polar surface area (TPSA) is 88.4 Å². The van der Waals surface area contributed by atoms with Crippen LogP contribution in [0.3, 0.4) is 0 Å². The molecule has 6 heteroatoms. The van der Waals surface area contributed by atoms with Gasteiger partial charge in [0.25, 0.3) is 5.91 Å². The van der Waals surface area contributed by atoms with Gasteiger partial charge in [-0.3, -0.25) is 14.4 Å². The van der Waals surface area contributed by atoms with Crippen molar-refractivity contribution in [2.75, 3.05) is 11.9 Å². The van der Waals surface area contributed by atoms with Crippen molar-refractivity contribution in [1.29, 1.82) is 0 Å². The van der Waals surface area contributed by atoms with Crippen molar-refractivity contribution in [2.24, 2.45) is 0 Å². The maximum absolute atomic E-state index is 12.2. The highest BCUT2D eigenvalue weighted by Gasteiger charge is 2.15. The lowest BCUT2D eigenvalue weighted by molar-refractivity contribution is -0.116. The summed E-state index contributed by atoms with van der Waals surface area (Å²) in [6.45, 7) is 7.09. The van der Waals surface area contributed by atoms with Gasteiger partial charge < -0.3 is 15.1 Å². The summed E-state index contributed by atoms with van der Waals surface area (Å²) in [5, 5.41) is 5.43. The number of benzene rings is 1. The van der Waals surface area contributed by atoms with Crippen molar-refractivity contribution in [2.45, 2.75) is 26.7 Å². The van der Waals surface area contributed by atoms with E-state index < -0.39 is 0 Å². The first-order valence-electron chi connectivity index (χ1n) is 8.30. The Kier molecular flexibility index (Phi) is 6.49. The smallest absolute Gasteiger partial charge is 0.253 e. The Labute approximate surface area is 152 Å². The first kappa shape index (κ1) is 19.2. The summed E-state index contributed by atoms with van der Waals surface area (Å²) < 4.78 is 5.51. The molecule has 1 aromatic heterocycles. The van der Waals surface area contributed by atoms with Gasteiger partial charge in [0.05, 0.1) is 16.8 Å². The van der Waals surface area contributed by atoms with E-state index in [1.54, 1.807) is 43.3 Å². The number of anilines is 1.